The molecule has 1 atom stereocenters. The van der Waals surface area contributed by atoms with E-state index in [9.17, 15) is 0 Å². The van der Waals surface area contributed by atoms with Gasteiger partial charge in [0.05, 0.1) is 6.04 Å². The Morgan fingerprint density at radius 2 is 2.00 bits per heavy atom. The number of hydrogen-bond acceptors (Lipinski definition) is 2. The molecule has 0 bridgehead atoms. The molecule has 0 aliphatic heterocycles. The Morgan fingerprint density at radius 1 is 1.29 bits per heavy atom. The molecular formula is C12H10BrCl2NS. The number of rotatable bonds is 2. The fourth-order valence-corrected chi connectivity index (χ4v) is 3.43. The molecule has 90 valence electrons. The van der Waals surface area contributed by atoms with Gasteiger partial charge in [0.25, 0.3) is 0 Å². The molecule has 1 aromatic carbocycles. The van der Waals surface area contributed by atoms with Crippen LogP contribution in [0.3, 0.4) is 0 Å². The standard InChI is InChI=1S/C12H10BrCl2NS/c1-6-4-7(2-3-9(6)14)11(16)10-5-8(13)12(15)17-10/h2-5,11H,16H2,1H3. The highest BCUT2D eigenvalue weighted by Gasteiger charge is 2.14. The molecule has 0 radical (unpaired) electrons. The van der Waals surface area contributed by atoms with Gasteiger partial charge in [0, 0.05) is 14.4 Å². The molecule has 2 N–H and O–H groups in total. The molecule has 17 heavy (non-hydrogen) atoms. The van der Waals surface area contributed by atoms with Crippen LogP contribution in [0.15, 0.2) is 28.7 Å². The van der Waals surface area contributed by atoms with Gasteiger partial charge in [-0.3, -0.25) is 0 Å². The molecule has 0 saturated carbocycles. The van der Waals surface area contributed by atoms with E-state index in [4.69, 9.17) is 28.9 Å². The van der Waals surface area contributed by atoms with Crippen LogP contribution in [0.1, 0.15) is 22.0 Å². The highest BCUT2D eigenvalue weighted by atomic mass is 79.9. The fourth-order valence-electron chi connectivity index (χ4n) is 1.54. The van der Waals surface area contributed by atoms with Crippen molar-refractivity contribution in [2.75, 3.05) is 0 Å². The van der Waals surface area contributed by atoms with Gasteiger partial charge >= 0.3 is 0 Å². The van der Waals surface area contributed by atoms with Gasteiger partial charge in [-0.1, -0.05) is 35.3 Å². The number of hydrogen-bond donors (Lipinski definition) is 1. The third kappa shape index (κ3) is 2.85. The predicted octanol–water partition coefficient (Wildman–Crippen LogP) is 5.17. The largest absolute Gasteiger partial charge is 0.320 e. The minimum atomic E-state index is -0.167. The first kappa shape index (κ1) is 13.4. The zero-order valence-electron chi connectivity index (χ0n) is 9.01. The summed E-state index contributed by atoms with van der Waals surface area (Å²) >= 11 is 16.9. The van der Waals surface area contributed by atoms with Gasteiger partial charge in [-0.15, -0.1) is 11.3 Å². The molecule has 1 nitrogen and oxygen atoms in total. The van der Waals surface area contributed by atoms with Crippen molar-refractivity contribution >= 4 is 50.5 Å². The van der Waals surface area contributed by atoms with Gasteiger partial charge in [0.2, 0.25) is 0 Å². The van der Waals surface area contributed by atoms with Crippen LogP contribution in [0.2, 0.25) is 9.36 Å². The van der Waals surface area contributed by atoms with Crippen LogP contribution in [-0.4, -0.2) is 0 Å². The van der Waals surface area contributed by atoms with E-state index in [2.05, 4.69) is 15.9 Å². The maximum atomic E-state index is 6.21. The third-order valence-corrected chi connectivity index (χ3v) is 5.49. The lowest BCUT2D eigenvalue weighted by atomic mass is 10.0. The van der Waals surface area contributed by atoms with Crippen molar-refractivity contribution in [3.8, 4) is 0 Å². The Kier molecular flexibility index (Phi) is 4.16. The number of nitrogens with two attached hydrogens (primary N) is 1. The Bertz CT molecular complexity index is 534. The van der Waals surface area contributed by atoms with Crippen LogP contribution in [0, 0.1) is 6.92 Å². The van der Waals surface area contributed by atoms with Crippen molar-refractivity contribution in [2.24, 2.45) is 5.73 Å². The van der Waals surface area contributed by atoms with Crippen LogP contribution in [0.5, 0.6) is 0 Å². The zero-order chi connectivity index (χ0) is 12.6. The summed E-state index contributed by atoms with van der Waals surface area (Å²) in [5.74, 6) is 0. The maximum Gasteiger partial charge on any atom is 0.107 e. The highest BCUT2D eigenvalue weighted by molar-refractivity contribution is 9.10. The van der Waals surface area contributed by atoms with E-state index in [-0.39, 0.29) is 6.04 Å². The summed E-state index contributed by atoms with van der Waals surface area (Å²) in [7, 11) is 0. The minimum absolute atomic E-state index is 0.167. The van der Waals surface area contributed by atoms with E-state index in [0.29, 0.717) is 0 Å². The first-order chi connectivity index (χ1) is 7.99. The molecule has 1 heterocycles. The highest BCUT2D eigenvalue weighted by Crippen LogP contribution is 2.36. The second-order valence-electron chi connectivity index (χ2n) is 3.76. The summed E-state index contributed by atoms with van der Waals surface area (Å²) in [6.07, 6.45) is 0. The van der Waals surface area contributed by atoms with Crippen LogP contribution < -0.4 is 5.73 Å². The number of halogens is 3. The smallest absolute Gasteiger partial charge is 0.107 e. The summed E-state index contributed by atoms with van der Waals surface area (Å²) in [5, 5.41) is 0.756. The SMILES string of the molecule is Cc1cc(C(N)c2cc(Br)c(Cl)s2)ccc1Cl. The number of thiophene rings is 1. The van der Waals surface area contributed by atoms with E-state index in [1.54, 1.807) is 0 Å². The molecule has 5 heteroatoms. The van der Waals surface area contributed by atoms with Crippen molar-refractivity contribution in [2.45, 2.75) is 13.0 Å². The van der Waals surface area contributed by atoms with E-state index < -0.39 is 0 Å². The normalized spacial score (nSPS) is 12.8. The van der Waals surface area contributed by atoms with Crippen LogP contribution in [-0.2, 0) is 0 Å². The van der Waals surface area contributed by atoms with Gasteiger partial charge in [0.15, 0.2) is 0 Å². The molecule has 0 saturated heterocycles. The predicted molar refractivity (Wildman–Crippen MR) is 79.2 cm³/mol. The van der Waals surface area contributed by atoms with Crippen LogP contribution in [0.25, 0.3) is 0 Å². The second kappa shape index (κ2) is 5.29. The molecule has 0 amide bonds. The first-order valence-corrected chi connectivity index (χ1v) is 7.32. The Morgan fingerprint density at radius 3 is 2.53 bits per heavy atom. The summed E-state index contributed by atoms with van der Waals surface area (Å²) in [5.41, 5.74) is 8.27. The lowest BCUT2D eigenvalue weighted by Gasteiger charge is -2.11. The molecule has 1 unspecified atom stereocenters. The van der Waals surface area contributed by atoms with Gasteiger partial charge in [-0.05, 0) is 46.1 Å². The number of benzene rings is 1. The maximum absolute atomic E-state index is 6.21. The lowest BCUT2D eigenvalue weighted by Crippen LogP contribution is -2.10. The fraction of sp³-hybridized carbons (Fsp3) is 0.167. The Balaban J connectivity index is 2.36. The molecule has 0 aliphatic carbocycles. The second-order valence-corrected chi connectivity index (χ2v) is 6.70. The quantitative estimate of drug-likeness (QED) is 0.793. The zero-order valence-corrected chi connectivity index (χ0v) is 12.9. The van der Waals surface area contributed by atoms with Crippen molar-refractivity contribution < 1.29 is 0 Å². The average Bonchev–Trinajstić information content (AvgIpc) is 2.62. The van der Waals surface area contributed by atoms with Gasteiger partial charge in [0.1, 0.15) is 4.34 Å². The minimum Gasteiger partial charge on any atom is -0.320 e. The summed E-state index contributed by atoms with van der Waals surface area (Å²) in [6, 6.07) is 7.62. The Hall–Kier alpha value is -0.0600. The summed E-state index contributed by atoms with van der Waals surface area (Å²) in [4.78, 5) is 1.03. The van der Waals surface area contributed by atoms with E-state index in [1.807, 2.05) is 31.2 Å². The molecular weight excluding hydrogens is 341 g/mol. The third-order valence-electron chi connectivity index (χ3n) is 2.51. The first-order valence-electron chi connectivity index (χ1n) is 4.95. The van der Waals surface area contributed by atoms with Gasteiger partial charge in [-0.25, -0.2) is 0 Å². The monoisotopic (exact) mass is 349 g/mol. The molecule has 0 fully saturated rings. The van der Waals surface area contributed by atoms with Crippen molar-refractivity contribution in [1.82, 2.24) is 0 Å². The number of aryl methyl sites for hydroxylation is 1. The van der Waals surface area contributed by atoms with E-state index in [1.165, 1.54) is 11.3 Å². The van der Waals surface area contributed by atoms with Crippen molar-refractivity contribution in [3.05, 3.63) is 54.1 Å². The Labute approximate surface area is 123 Å². The molecule has 1 aromatic heterocycles. The summed E-state index contributed by atoms with van der Waals surface area (Å²) < 4.78 is 1.61. The van der Waals surface area contributed by atoms with E-state index >= 15 is 0 Å². The molecule has 2 aromatic rings. The summed E-state index contributed by atoms with van der Waals surface area (Å²) in [6.45, 7) is 1.97. The van der Waals surface area contributed by atoms with Gasteiger partial charge in [-0.2, -0.15) is 0 Å². The molecule has 0 aliphatic rings. The molecule has 0 spiro atoms. The van der Waals surface area contributed by atoms with Crippen molar-refractivity contribution in [1.29, 1.82) is 0 Å². The average molecular weight is 351 g/mol. The van der Waals surface area contributed by atoms with E-state index in [0.717, 1.165) is 29.8 Å². The lowest BCUT2D eigenvalue weighted by molar-refractivity contribution is 0.891. The van der Waals surface area contributed by atoms with Crippen molar-refractivity contribution in [3.63, 3.8) is 0 Å². The van der Waals surface area contributed by atoms with Crippen LogP contribution >= 0.6 is 50.5 Å². The topological polar surface area (TPSA) is 26.0 Å². The van der Waals surface area contributed by atoms with Gasteiger partial charge < -0.3 is 5.73 Å². The van der Waals surface area contributed by atoms with Crippen LogP contribution in [0.4, 0.5) is 0 Å². The molecule has 2 rings (SSSR count).